The van der Waals surface area contributed by atoms with Crippen LogP contribution in [0.2, 0.25) is 0 Å². The van der Waals surface area contributed by atoms with Crippen molar-refractivity contribution in [2.45, 2.75) is 27.2 Å². The Morgan fingerprint density at radius 1 is 1.22 bits per heavy atom. The third-order valence-corrected chi connectivity index (χ3v) is 5.03. The molecule has 102 valence electrons. The summed E-state index contributed by atoms with van der Waals surface area (Å²) in [6, 6.07) is 0. The summed E-state index contributed by atoms with van der Waals surface area (Å²) in [6.07, 6.45) is 5.77. The highest BCUT2D eigenvalue weighted by molar-refractivity contribution is 5.43. The third kappa shape index (κ3) is 1.73. The third-order valence-electron chi connectivity index (χ3n) is 5.03. The van der Waals surface area contributed by atoms with Gasteiger partial charge in [0.1, 0.15) is 0 Å². The lowest BCUT2D eigenvalue weighted by Crippen LogP contribution is -2.53. The summed E-state index contributed by atoms with van der Waals surface area (Å²) in [4.78, 5) is 0. The molecule has 3 nitrogen and oxygen atoms in total. The average Bonchev–Trinajstić information content (AvgIpc) is 2.76. The molecule has 0 aromatic carbocycles. The van der Waals surface area contributed by atoms with E-state index in [1.165, 1.54) is 18.1 Å². The molecule has 0 heterocycles. The molecule has 1 saturated carbocycles. The quantitative estimate of drug-likeness (QED) is 0.597. The van der Waals surface area contributed by atoms with Crippen LogP contribution in [0.5, 0.6) is 0 Å². The van der Waals surface area contributed by atoms with Crippen molar-refractivity contribution in [3.8, 4) is 0 Å². The van der Waals surface area contributed by atoms with Crippen LogP contribution < -0.4 is 0 Å². The van der Waals surface area contributed by atoms with Crippen LogP contribution in [-0.2, 0) is 4.74 Å². The highest BCUT2D eigenvalue weighted by Crippen LogP contribution is 2.73. The van der Waals surface area contributed by atoms with E-state index in [4.69, 9.17) is 0 Å². The number of hydrogen-bond acceptors (Lipinski definition) is 3. The van der Waals surface area contributed by atoms with Crippen LogP contribution in [0.15, 0.2) is 37.3 Å². The lowest BCUT2D eigenvalue weighted by molar-refractivity contribution is -0.0817. The van der Waals surface area contributed by atoms with Gasteiger partial charge in [0, 0.05) is 5.41 Å². The van der Waals surface area contributed by atoms with Gasteiger partial charge in [-0.3, -0.25) is 0 Å². The minimum Gasteiger partial charge on any atom is -0.474 e. The maximum absolute atomic E-state index is 9.41. The molecule has 2 bridgehead atoms. The van der Waals surface area contributed by atoms with E-state index in [1.807, 2.05) is 0 Å². The van der Waals surface area contributed by atoms with E-state index in [1.54, 1.807) is 0 Å². The summed E-state index contributed by atoms with van der Waals surface area (Å²) < 4.78 is 4.36. The average molecular weight is 252 g/mol. The molecule has 2 N–H and O–H groups in total. The maximum atomic E-state index is 9.41. The fourth-order valence-electron chi connectivity index (χ4n) is 3.15. The van der Waals surface area contributed by atoms with Crippen LogP contribution >= 0.6 is 0 Å². The van der Waals surface area contributed by atoms with Crippen molar-refractivity contribution < 1.29 is 14.9 Å². The van der Waals surface area contributed by atoms with Crippen molar-refractivity contribution in [2.24, 2.45) is 16.2 Å². The van der Waals surface area contributed by atoms with Crippen LogP contribution in [0.1, 0.15) is 27.2 Å². The molecule has 0 radical (unpaired) electrons. The van der Waals surface area contributed by atoms with Gasteiger partial charge in [-0.05, 0) is 17.3 Å². The van der Waals surface area contributed by atoms with Gasteiger partial charge in [-0.15, -0.1) is 0 Å². The molecule has 3 aliphatic carbocycles. The van der Waals surface area contributed by atoms with E-state index in [0.29, 0.717) is 0 Å². The van der Waals surface area contributed by atoms with Gasteiger partial charge in [0.15, 0.2) is 0 Å². The lowest BCUT2D eigenvalue weighted by atomic mass is 9.47. The van der Waals surface area contributed by atoms with Crippen molar-refractivity contribution in [3.63, 3.8) is 0 Å². The first-order valence-electron chi connectivity index (χ1n) is 6.16. The largest absolute Gasteiger partial charge is 0.474 e. The fraction of sp³-hybridized carbons (Fsp3) is 0.600. The van der Waals surface area contributed by atoms with E-state index >= 15 is 0 Å². The van der Waals surface area contributed by atoms with Crippen LogP contribution in [0, 0.1) is 16.2 Å². The molecule has 1 atom stereocenters. The Balaban J connectivity index is 0.000000280. The van der Waals surface area contributed by atoms with E-state index < -0.39 is 0 Å². The first-order chi connectivity index (χ1) is 8.35. The monoisotopic (exact) mass is 252 g/mol. The van der Waals surface area contributed by atoms with Gasteiger partial charge in [-0.1, -0.05) is 45.6 Å². The Morgan fingerprint density at radius 2 is 1.72 bits per heavy atom. The molecule has 3 aliphatic rings. The van der Waals surface area contributed by atoms with E-state index in [-0.39, 0.29) is 29.5 Å². The minimum atomic E-state index is -0.369. The zero-order chi connectivity index (χ0) is 14.0. The van der Waals surface area contributed by atoms with Crippen LogP contribution in [0.25, 0.3) is 0 Å². The molecule has 0 aromatic rings. The van der Waals surface area contributed by atoms with Gasteiger partial charge < -0.3 is 14.9 Å². The second-order valence-corrected chi connectivity index (χ2v) is 5.75. The molecular formula is C15H24O3. The molecule has 1 unspecified atom stereocenters. The minimum absolute atomic E-state index is 0.0544. The predicted octanol–water partition coefficient (Wildman–Crippen LogP) is 2.62. The Kier molecular flexibility index (Phi) is 4.08. The fourth-order valence-corrected chi connectivity index (χ4v) is 3.15. The standard InChI is InChI=1S/C11H18O2.C4H6O/c1-9(2)8-4-10(9,3)11(5-8,6-12)7-13;1-3-5-4-2/h5,12-13H,4,6-7H2,1-3H3;3-4H,1-2H2. The van der Waals surface area contributed by atoms with Gasteiger partial charge in [0.25, 0.3) is 0 Å². The second kappa shape index (κ2) is 4.90. The van der Waals surface area contributed by atoms with Gasteiger partial charge in [0.2, 0.25) is 0 Å². The number of aliphatic hydroxyl groups excluding tert-OH is 2. The SMILES string of the molecule is C=COC=C.CC1(C)C2=CC(CO)(CO)C1(C)C2. The van der Waals surface area contributed by atoms with Crippen LogP contribution in [0.4, 0.5) is 0 Å². The first kappa shape index (κ1) is 15.0. The van der Waals surface area contributed by atoms with Crippen molar-refractivity contribution in [1.29, 1.82) is 0 Å². The zero-order valence-corrected chi connectivity index (χ0v) is 11.6. The summed E-state index contributed by atoms with van der Waals surface area (Å²) in [6.45, 7) is 13.2. The predicted molar refractivity (Wildman–Crippen MR) is 72.7 cm³/mol. The molecule has 1 fully saturated rings. The normalized spacial score (nSPS) is 29.3. The van der Waals surface area contributed by atoms with Gasteiger partial charge in [-0.2, -0.15) is 0 Å². The molecule has 3 heteroatoms. The lowest BCUT2D eigenvalue weighted by Gasteiger charge is -2.57. The van der Waals surface area contributed by atoms with Gasteiger partial charge >= 0.3 is 0 Å². The Morgan fingerprint density at radius 3 is 1.83 bits per heavy atom. The zero-order valence-electron chi connectivity index (χ0n) is 11.6. The molecular weight excluding hydrogens is 228 g/mol. The molecule has 0 aliphatic heterocycles. The topological polar surface area (TPSA) is 49.7 Å². The van der Waals surface area contributed by atoms with Gasteiger partial charge in [0.05, 0.1) is 25.7 Å². The number of hydrogen-bond donors (Lipinski definition) is 2. The second-order valence-electron chi connectivity index (χ2n) is 5.75. The van der Waals surface area contributed by atoms with Crippen molar-refractivity contribution in [3.05, 3.63) is 37.3 Å². The molecule has 0 spiro atoms. The van der Waals surface area contributed by atoms with Crippen LogP contribution in [0.3, 0.4) is 0 Å². The van der Waals surface area contributed by atoms with E-state index in [9.17, 15) is 10.2 Å². The number of fused-ring (bicyclic) bond motifs is 1. The highest BCUT2D eigenvalue weighted by Gasteiger charge is 2.68. The smallest absolute Gasteiger partial charge is 0.0829 e. The van der Waals surface area contributed by atoms with Crippen LogP contribution in [-0.4, -0.2) is 23.4 Å². The van der Waals surface area contributed by atoms with Crippen molar-refractivity contribution in [1.82, 2.24) is 0 Å². The molecule has 0 saturated heterocycles. The molecule has 3 rings (SSSR count). The first-order valence-corrected chi connectivity index (χ1v) is 6.16. The Hall–Kier alpha value is -1.06. The highest BCUT2D eigenvalue weighted by atomic mass is 16.5. The number of aliphatic hydroxyl groups is 2. The Bertz CT molecular complexity index is 358. The van der Waals surface area contributed by atoms with E-state index in [2.05, 4.69) is 44.7 Å². The number of allylic oxidation sites excluding steroid dienone is 1. The summed E-state index contributed by atoms with van der Waals surface area (Å²) in [5, 5.41) is 18.8. The summed E-state index contributed by atoms with van der Waals surface area (Å²) >= 11 is 0. The number of rotatable bonds is 4. The van der Waals surface area contributed by atoms with E-state index in [0.717, 1.165) is 6.42 Å². The summed E-state index contributed by atoms with van der Waals surface area (Å²) in [7, 11) is 0. The number of ether oxygens (including phenoxy) is 1. The molecule has 0 amide bonds. The maximum Gasteiger partial charge on any atom is 0.0829 e. The molecule has 18 heavy (non-hydrogen) atoms. The van der Waals surface area contributed by atoms with Crippen molar-refractivity contribution >= 4 is 0 Å². The van der Waals surface area contributed by atoms with Gasteiger partial charge in [-0.25, -0.2) is 0 Å². The molecule has 0 aromatic heterocycles. The summed E-state index contributed by atoms with van der Waals surface area (Å²) in [5.41, 5.74) is 1.25. The Labute approximate surface area is 109 Å². The summed E-state index contributed by atoms with van der Waals surface area (Å²) in [5.74, 6) is 0. The van der Waals surface area contributed by atoms with Crippen molar-refractivity contribution in [2.75, 3.05) is 13.2 Å².